The summed E-state index contributed by atoms with van der Waals surface area (Å²) in [5, 5.41) is 0. The molecule has 0 heterocycles. The summed E-state index contributed by atoms with van der Waals surface area (Å²) in [5.74, 6) is 0. The molecule has 0 fully saturated rings. The first-order valence-corrected chi connectivity index (χ1v) is 6.92. The van der Waals surface area contributed by atoms with E-state index in [1.54, 1.807) is 0 Å². The Labute approximate surface area is 121 Å². The highest BCUT2D eigenvalue weighted by Gasteiger charge is 2.39. The first-order valence-electron chi connectivity index (χ1n) is 7.63. The molecule has 0 bridgehead atoms. The highest BCUT2D eigenvalue weighted by atomic mass is 14.4. The molecule has 0 aromatic heterocycles. The van der Waals surface area contributed by atoms with E-state index in [4.69, 9.17) is 1.37 Å². The minimum atomic E-state index is -0.339. The van der Waals surface area contributed by atoms with Gasteiger partial charge >= 0.3 is 0 Å². The van der Waals surface area contributed by atoms with E-state index in [0.717, 1.165) is 0 Å². The molecule has 0 saturated carbocycles. The van der Waals surface area contributed by atoms with E-state index < -0.39 is 0 Å². The highest BCUT2D eigenvalue weighted by Crippen LogP contribution is 2.51. The maximum Gasteiger partial charge on any atom is 0.0435 e. The lowest BCUT2D eigenvalue weighted by Crippen LogP contribution is -2.22. The molecule has 0 aliphatic heterocycles. The van der Waals surface area contributed by atoms with Crippen molar-refractivity contribution in [3.05, 3.63) is 95.6 Å². The minimum Gasteiger partial charge on any atom is -0.0622 e. The lowest BCUT2D eigenvalue weighted by atomic mass is 9.74. The Morgan fingerprint density at radius 2 is 1.15 bits per heavy atom. The van der Waals surface area contributed by atoms with Crippen LogP contribution in [0.25, 0.3) is 11.1 Å². The average Bonchev–Trinajstić information content (AvgIpc) is 2.87. The van der Waals surface area contributed by atoms with Crippen LogP contribution >= 0.6 is 0 Å². The molecule has 96 valence electrons. The van der Waals surface area contributed by atoms with E-state index in [9.17, 15) is 0 Å². The number of rotatable bonds is 1. The molecular weight excluding hydrogens is 240 g/mol. The monoisotopic (exact) mass is 257 g/mol. The van der Waals surface area contributed by atoms with Gasteiger partial charge in [-0.15, -0.1) is 0 Å². The van der Waals surface area contributed by atoms with Gasteiger partial charge in [0.2, 0.25) is 0 Å². The maximum absolute atomic E-state index is 8.35. The predicted molar refractivity (Wildman–Crippen MR) is 83.9 cm³/mol. The third kappa shape index (κ3) is 1.36. The normalized spacial score (nSPS) is 15.3. The molecule has 1 aliphatic rings. The van der Waals surface area contributed by atoms with Gasteiger partial charge in [-0.2, -0.15) is 0 Å². The van der Waals surface area contributed by atoms with Gasteiger partial charge < -0.3 is 0 Å². The maximum atomic E-state index is 8.35. The van der Waals surface area contributed by atoms with Crippen LogP contribution in [-0.2, 0) is 5.41 Å². The van der Waals surface area contributed by atoms with Crippen molar-refractivity contribution >= 4 is 0 Å². The van der Waals surface area contributed by atoms with Gasteiger partial charge in [0.1, 0.15) is 0 Å². The molecule has 0 atom stereocenters. The molecule has 3 aromatic carbocycles. The number of benzene rings is 3. The largest absolute Gasteiger partial charge is 0.0622 e. The second kappa shape index (κ2) is 4.08. The van der Waals surface area contributed by atoms with Crippen LogP contribution in [0.4, 0.5) is 0 Å². The van der Waals surface area contributed by atoms with Crippen LogP contribution in [0.15, 0.2) is 78.9 Å². The smallest absolute Gasteiger partial charge is 0.0435 e. The summed E-state index contributed by atoms with van der Waals surface area (Å²) in [6, 6.07) is 27.5. The number of hydrogen-bond donors (Lipinski definition) is 0. The Morgan fingerprint density at radius 3 is 1.70 bits per heavy atom. The van der Waals surface area contributed by atoms with Gasteiger partial charge in [0.15, 0.2) is 0 Å². The van der Waals surface area contributed by atoms with E-state index in [1.165, 1.54) is 27.8 Å². The van der Waals surface area contributed by atoms with Crippen LogP contribution in [0.1, 0.15) is 25.0 Å². The first-order chi connectivity index (χ1) is 10.4. The molecule has 20 heavy (non-hydrogen) atoms. The zero-order valence-corrected chi connectivity index (χ0v) is 11.2. The molecule has 0 N–H and O–H groups in total. The van der Waals surface area contributed by atoms with Crippen molar-refractivity contribution in [2.24, 2.45) is 0 Å². The fourth-order valence-electron chi connectivity index (χ4n) is 3.36. The second-order valence-electron chi connectivity index (χ2n) is 5.36. The van der Waals surface area contributed by atoms with Gasteiger partial charge in [-0.25, -0.2) is 0 Å². The van der Waals surface area contributed by atoms with Crippen molar-refractivity contribution in [1.82, 2.24) is 0 Å². The third-order valence-electron chi connectivity index (χ3n) is 4.33. The Bertz CT molecular complexity index is 744. The summed E-state index contributed by atoms with van der Waals surface area (Å²) in [7, 11) is 0. The summed E-state index contributed by atoms with van der Waals surface area (Å²) in [4.78, 5) is 0. The predicted octanol–water partition coefficient (Wildman–Crippen LogP) is 5.02. The van der Waals surface area contributed by atoms with Crippen molar-refractivity contribution in [1.29, 1.82) is 0 Å². The molecule has 0 amide bonds. The number of hydrogen-bond acceptors (Lipinski definition) is 0. The van der Waals surface area contributed by atoms with Crippen LogP contribution in [-0.4, -0.2) is 0 Å². The second-order valence-corrected chi connectivity index (χ2v) is 5.36. The molecule has 0 nitrogen and oxygen atoms in total. The molecule has 0 spiro atoms. The highest BCUT2D eigenvalue weighted by molar-refractivity contribution is 5.82. The summed E-state index contributed by atoms with van der Waals surface area (Å²) in [6.07, 6.45) is 0. The van der Waals surface area contributed by atoms with E-state index in [2.05, 4.69) is 72.8 Å². The Hall–Kier alpha value is -2.34. The Kier molecular flexibility index (Phi) is 2.13. The Morgan fingerprint density at radius 1 is 0.650 bits per heavy atom. The average molecular weight is 257 g/mol. The van der Waals surface area contributed by atoms with E-state index in [-0.39, 0.29) is 5.41 Å². The third-order valence-corrected chi connectivity index (χ3v) is 4.33. The van der Waals surface area contributed by atoms with Crippen LogP contribution in [0.5, 0.6) is 0 Å². The topological polar surface area (TPSA) is 0 Å². The van der Waals surface area contributed by atoms with Crippen molar-refractivity contribution < 1.29 is 1.37 Å². The van der Waals surface area contributed by atoms with Gasteiger partial charge in [-0.1, -0.05) is 78.9 Å². The molecule has 4 rings (SSSR count). The van der Waals surface area contributed by atoms with Crippen LogP contribution < -0.4 is 0 Å². The fourth-order valence-corrected chi connectivity index (χ4v) is 3.36. The first kappa shape index (κ1) is 10.4. The minimum absolute atomic E-state index is 0.324. The van der Waals surface area contributed by atoms with Crippen LogP contribution in [0, 0.1) is 0 Å². The van der Waals surface area contributed by atoms with Gasteiger partial charge in [0, 0.05) is 6.79 Å². The summed E-state index contributed by atoms with van der Waals surface area (Å²) in [6.45, 7) is 0.324. The number of fused-ring (bicyclic) bond motifs is 3. The SMILES string of the molecule is [2H]CC1(c2ccccc2)c2ccccc2-c2ccccc21. The Balaban J connectivity index is 2.12. The zero-order valence-electron chi connectivity index (χ0n) is 12.2. The molecule has 0 radical (unpaired) electrons. The van der Waals surface area contributed by atoms with E-state index in [0.29, 0.717) is 6.90 Å². The van der Waals surface area contributed by atoms with Gasteiger partial charge in [-0.05, 0) is 34.7 Å². The molecule has 1 aliphatic carbocycles. The van der Waals surface area contributed by atoms with Gasteiger partial charge in [0.25, 0.3) is 0 Å². The van der Waals surface area contributed by atoms with E-state index >= 15 is 0 Å². The standard InChI is InChI=1S/C20H16/c1-20(15-9-3-2-4-10-15)18-13-7-5-11-16(18)17-12-6-8-14-19(17)20/h2-14H,1H3/i1D. The van der Waals surface area contributed by atoms with Crippen LogP contribution in [0.3, 0.4) is 0 Å². The summed E-state index contributed by atoms with van der Waals surface area (Å²) >= 11 is 0. The van der Waals surface area contributed by atoms with Crippen molar-refractivity contribution in [3.63, 3.8) is 0 Å². The van der Waals surface area contributed by atoms with Crippen LogP contribution in [0.2, 0.25) is 0 Å². The molecule has 0 unspecified atom stereocenters. The molecular formula is C20H16. The quantitative estimate of drug-likeness (QED) is 0.574. The fraction of sp³-hybridized carbons (Fsp3) is 0.100. The van der Waals surface area contributed by atoms with Gasteiger partial charge in [-0.3, -0.25) is 0 Å². The van der Waals surface area contributed by atoms with Gasteiger partial charge in [0.05, 0.1) is 0 Å². The van der Waals surface area contributed by atoms with Crippen molar-refractivity contribution in [3.8, 4) is 11.1 Å². The van der Waals surface area contributed by atoms with Crippen molar-refractivity contribution in [2.75, 3.05) is 0 Å². The summed E-state index contributed by atoms with van der Waals surface area (Å²) < 4.78 is 8.35. The molecule has 0 saturated heterocycles. The van der Waals surface area contributed by atoms with Crippen molar-refractivity contribution in [2.45, 2.75) is 12.3 Å². The lowest BCUT2D eigenvalue weighted by molar-refractivity contribution is 0.714. The molecule has 3 aromatic rings. The molecule has 0 heteroatoms. The zero-order chi connectivity index (χ0) is 14.3. The van der Waals surface area contributed by atoms with E-state index in [1.807, 2.05) is 6.07 Å². The summed E-state index contributed by atoms with van der Waals surface area (Å²) in [5.41, 5.74) is 5.92. The lowest BCUT2D eigenvalue weighted by Gasteiger charge is -2.28.